The number of H-pyrrole nitrogens is 1. The molecule has 2 aliphatic rings. The SMILES string of the molecule is CN(C)C(=O)OC[C@@H]1CC2c3cccc4[nH]c(S(C)(=O)=O)c(c34)C[C@H]2N(C)C1. The average molecular weight is 406 g/mol. The van der Waals surface area contributed by atoms with Crippen molar-refractivity contribution < 1.29 is 17.9 Å². The van der Waals surface area contributed by atoms with Crippen molar-refractivity contribution in [2.75, 3.05) is 40.6 Å². The van der Waals surface area contributed by atoms with E-state index in [0.29, 0.717) is 24.0 Å². The van der Waals surface area contributed by atoms with E-state index in [1.807, 2.05) is 12.1 Å². The number of amides is 1. The monoisotopic (exact) mass is 405 g/mol. The number of nitrogens with zero attached hydrogens (tertiary/aromatic N) is 2. The predicted molar refractivity (Wildman–Crippen MR) is 107 cm³/mol. The molecule has 1 fully saturated rings. The summed E-state index contributed by atoms with van der Waals surface area (Å²) < 4.78 is 30.1. The Morgan fingerprint density at radius 1 is 1.36 bits per heavy atom. The lowest BCUT2D eigenvalue weighted by molar-refractivity contribution is 0.0526. The molecule has 0 spiro atoms. The summed E-state index contributed by atoms with van der Waals surface area (Å²) in [5.74, 6) is 0.543. The molecule has 0 radical (unpaired) electrons. The molecule has 2 aromatic rings. The van der Waals surface area contributed by atoms with Crippen LogP contribution in [0.4, 0.5) is 4.79 Å². The minimum atomic E-state index is -3.32. The lowest BCUT2D eigenvalue weighted by Gasteiger charge is -2.45. The number of hydrogen-bond acceptors (Lipinski definition) is 5. The first-order valence-corrected chi connectivity index (χ1v) is 11.4. The molecular formula is C20H27N3O4S. The Kier molecular flexibility index (Phi) is 4.66. The zero-order valence-electron chi connectivity index (χ0n) is 16.7. The number of carbonyl (C=O) groups excluding carboxylic acids is 1. The minimum absolute atomic E-state index is 0.246. The zero-order chi connectivity index (χ0) is 20.2. The molecule has 2 heterocycles. The highest BCUT2D eigenvalue weighted by molar-refractivity contribution is 7.90. The van der Waals surface area contributed by atoms with Gasteiger partial charge in [-0.15, -0.1) is 0 Å². The van der Waals surface area contributed by atoms with Gasteiger partial charge in [0.15, 0.2) is 9.84 Å². The first-order valence-electron chi connectivity index (χ1n) is 9.54. The molecule has 0 bridgehead atoms. The molecule has 1 unspecified atom stereocenters. The zero-order valence-corrected chi connectivity index (χ0v) is 17.5. The van der Waals surface area contributed by atoms with Gasteiger partial charge in [0, 0.05) is 55.7 Å². The topological polar surface area (TPSA) is 82.7 Å². The van der Waals surface area contributed by atoms with Crippen LogP contribution in [-0.4, -0.2) is 75.9 Å². The number of hydrogen-bond donors (Lipinski definition) is 1. The van der Waals surface area contributed by atoms with Crippen LogP contribution < -0.4 is 0 Å². The number of aromatic nitrogens is 1. The van der Waals surface area contributed by atoms with Gasteiger partial charge in [0.1, 0.15) is 5.03 Å². The third kappa shape index (κ3) is 3.18. The van der Waals surface area contributed by atoms with Gasteiger partial charge in [-0.05, 0) is 37.1 Å². The normalized spacial score (nSPS) is 24.8. The second-order valence-electron chi connectivity index (χ2n) is 8.37. The molecule has 28 heavy (non-hydrogen) atoms. The van der Waals surface area contributed by atoms with Crippen LogP contribution in [0.25, 0.3) is 10.9 Å². The maximum Gasteiger partial charge on any atom is 0.409 e. The van der Waals surface area contributed by atoms with E-state index < -0.39 is 9.84 Å². The third-order valence-electron chi connectivity index (χ3n) is 6.08. The molecule has 1 aromatic heterocycles. The van der Waals surface area contributed by atoms with Crippen molar-refractivity contribution in [3.05, 3.63) is 29.3 Å². The first-order chi connectivity index (χ1) is 13.2. The van der Waals surface area contributed by atoms with Gasteiger partial charge in [-0.25, -0.2) is 13.2 Å². The first kappa shape index (κ1) is 19.3. The predicted octanol–water partition coefficient (Wildman–Crippen LogP) is 2.23. The molecule has 1 aliphatic carbocycles. The average Bonchev–Trinajstić information content (AvgIpc) is 3.01. The third-order valence-corrected chi connectivity index (χ3v) is 7.17. The molecule has 8 heteroatoms. The number of likely N-dealkylation sites (tertiary alicyclic amines) is 1. The number of ether oxygens (including phenoxy) is 1. The van der Waals surface area contributed by atoms with E-state index in [2.05, 4.69) is 23.0 Å². The van der Waals surface area contributed by atoms with Crippen LogP contribution in [0.15, 0.2) is 23.2 Å². The number of sulfone groups is 1. The van der Waals surface area contributed by atoms with Crippen LogP contribution in [-0.2, 0) is 21.0 Å². The van der Waals surface area contributed by atoms with E-state index in [-0.39, 0.29) is 18.1 Å². The molecule has 3 atom stereocenters. The van der Waals surface area contributed by atoms with Crippen molar-refractivity contribution in [1.29, 1.82) is 0 Å². The highest BCUT2D eigenvalue weighted by Crippen LogP contribution is 2.46. The number of nitrogens with one attached hydrogen (secondary N) is 1. The number of benzene rings is 1. The number of likely N-dealkylation sites (N-methyl/N-ethyl adjacent to an activating group) is 1. The van der Waals surface area contributed by atoms with Gasteiger partial charge >= 0.3 is 6.09 Å². The van der Waals surface area contributed by atoms with Gasteiger partial charge in [0.05, 0.1) is 6.61 Å². The van der Waals surface area contributed by atoms with Crippen LogP contribution in [0.3, 0.4) is 0 Å². The van der Waals surface area contributed by atoms with Crippen molar-refractivity contribution in [1.82, 2.24) is 14.8 Å². The van der Waals surface area contributed by atoms with E-state index in [0.717, 1.165) is 29.4 Å². The molecule has 1 N–H and O–H groups in total. The lowest BCUT2D eigenvalue weighted by Crippen LogP contribution is -2.49. The molecule has 1 amide bonds. The van der Waals surface area contributed by atoms with E-state index in [9.17, 15) is 13.2 Å². The second kappa shape index (κ2) is 6.77. The van der Waals surface area contributed by atoms with Crippen LogP contribution in [0.1, 0.15) is 23.5 Å². The van der Waals surface area contributed by atoms with Crippen molar-refractivity contribution in [2.45, 2.75) is 29.8 Å². The fraction of sp³-hybridized carbons (Fsp3) is 0.550. The van der Waals surface area contributed by atoms with Gasteiger partial charge in [0.2, 0.25) is 0 Å². The van der Waals surface area contributed by atoms with Gasteiger partial charge in [-0.3, -0.25) is 0 Å². The summed E-state index contributed by atoms with van der Waals surface area (Å²) in [6.45, 7) is 1.22. The fourth-order valence-electron chi connectivity index (χ4n) is 4.86. The largest absolute Gasteiger partial charge is 0.449 e. The van der Waals surface area contributed by atoms with E-state index >= 15 is 0 Å². The number of aromatic amines is 1. The summed E-state index contributed by atoms with van der Waals surface area (Å²) >= 11 is 0. The van der Waals surface area contributed by atoms with Gasteiger partial charge in [-0.2, -0.15) is 0 Å². The molecule has 4 rings (SSSR count). The minimum Gasteiger partial charge on any atom is -0.449 e. The van der Waals surface area contributed by atoms with Gasteiger partial charge in [-0.1, -0.05) is 12.1 Å². The second-order valence-corrected chi connectivity index (χ2v) is 10.3. The molecule has 1 aromatic carbocycles. The Labute approximate surface area is 165 Å². The number of carbonyl (C=O) groups is 1. The van der Waals surface area contributed by atoms with Crippen molar-refractivity contribution in [3.8, 4) is 0 Å². The van der Waals surface area contributed by atoms with E-state index in [1.54, 1.807) is 14.1 Å². The molecule has 7 nitrogen and oxygen atoms in total. The Hall–Kier alpha value is -2.06. The quantitative estimate of drug-likeness (QED) is 0.847. The van der Waals surface area contributed by atoms with Crippen LogP contribution in [0.2, 0.25) is 0 Å². The summed E-state index contributed by atoms with van der Waals surface area (Å²) in [6, 6.07) is 6.29. The standard InChI is InChI=1S/C20H27N3O4S/c1-22(2)20(24)27-11-12-8-14-13-6-5-7-16-18(13)15(9-17(14)23(3)10-12)19(21-16)28(4,25)26/h5-7,12,14,17,21H,8-11H2,1-4H3/t12-,14?,17-/m1/s1. The van der Waals surface area contributed by atoms with E-state index in [4.69, 9.17) is 4.74 Å². The molecule has 1 saturated heterocycles. The van der Waals surface area contributed by atoms with Crippen molar-refractivity contribution >= 4 is 26.8 Å². The maximum absolute atomic E-state index is 12.3. The summed E-state index contributed by atoms with van der Waals surface area (Å²) in [7, 11) is 2.12. The number of fused-ring (bicyclic) bond motifs is 2. The molecular weight excluding hydrogens is 378 g/mol. The highest BCUT2D eigenvalue weighted by Gasteiger charge is 2.41. The van der Waals surface area contributed by atoms with Crippen LogP contribution in [0.5, 0.6) is 0 Å². The number of piperidine rings is 1. The Balaban J connectivity index is 1.69. The van der Waals surface area contributed by atoms with Crippen molar-refractivity contribution in [3.63, 3.8) is 0 Å². The Morgan fingerprint density at radius 2 is 2.11 bits per heavy atom. The Morgan fingerprint density at radius 3 is 2.79 bits per heavy atom. The van der Waals surface area contributed by atoms with Gasteiger partial charge < -0.3 is 19.5 Å². The summed E-state index contributed by atoms with van der Waals surface area (Å²) in [6.07, 6.45) is 2.58. The summed E-state index contributed by atoms with van der Waals surface area (Å²) in [5, 5.41) is 1.41. The van der Waals surface area contributed by atoms with Gasteiger partial charge in [0.25, 0.3) is 0 Å². The number of rotatable bonds is 3. The summed E-state index contributed by atoms with van der Waals surface area (Å²) in [4.78, 5) is 18.7. The Bertz CT molecular complexity index is 1030. The highest BCUT2D eigenvalue weighted by atomic mass is 32.2. The molecule has 0 saturated carbocycles. The molecule has 152 valence electrons. The lowest BCUT2D eigenvalue weighted by atomic mass is 9.72. The smallest absolute Gasteiger partial charge is 0.409 e. The van der Waals surface area contributed by atoms with Crippen LogP contribution >= 0.6 is 0 Å². The maximum atomic E-state index is 12.3. The fourth-order valence-corrected chi connectivity index (χ4v) is 5.79. The van der Waals surface area contributed by atoms with Crippen molar-refractivity contribution in [2.24, 2.45) is 5.92 Å². The van der Waals surface area contributed by atoms with Crippen LogP contribution in [0, 0.1) is 5.92 Å². The van der Waals surface area contributed by atoms with E-state index in [1.165, 1.54) is 16.7 Å². The molecule has 1 aliphatic heterocycles. The summed E-state index contributed by atoms with van der Waals surface area (Å²) in [5.41, 5.74) is 3.00.